The van der Waals surface area contributed by atoms with Crippen molar-refractivity contribution >= 4 is 11.9 Å². The zero-order valence-electron chi connectivity index (χ0n) is 19.6. The molecule has 1 saturated carbocycles. The van der Waals surface area contributed by atoms with E-state index in [1.807, 2.05) is 32.6 Å². The van der Waals surface area contributed by atoms with Crippen LogP contribution in [0.2, 0.25) is 0 Å². The summed E-state index contributed by atoms with van der Waals surface area (Å²) in [6.45, 7) is 13.8. The van der Waals surface area contributed by atoms with Crippen LogP contribution in [0.15, 0.2) is 6.07 Å². The molecule has 1 amide bonds. The molecule has 1 aromatic heterocycles. The number of fused-ring (bicyclic) bond motifs is 3. The molecule has 1 aromatic rings. The first-order valence-corrected chi connectivity index (χ1v) is 11.7. The molecule has 0 N–H and O–H groups in total. The second-order valence-corrected chi connectivity index (χ2v) is 10.2. The summed E-state index contributed by atoms with van der Waals surface area (Å²) >= 11 is 0. The Bertz CT molecular complexity index is 803. The van der Waals surface area contributed by atoms with E-state index in [4.69, 9.17) is 19.2 Å². The molecule has 7 heteroatoms. The zero-order chi connectivity index (χ0) is 22.2. The van der Waals surface area contributed by atoms with Crippen LogP contribution in [0.5, 0.6) is 0 Å². The van der Waals surface area contributed by atoms with Crippen LogP contribution in [0.4, 0.5) is 10.6 Å². The van der Waals surface area contributed by atoms with Crippen molar-refractivity contribution in [3.8, 4) is 0 Å². The minimum Gasteiger partial charge on any atom is -0.444 e. The van der Waals surface area contributed by atoms with Gasteiger partial charge in [-0.15, -0.1) is 0 Å². The number of hydrogen-bond acceptors (Lipinski definition) is 6. The first kappa shape index (κ1) is 22.3. The van der Waals surface area contributed by atoms with Gasteiger partial charge in [-0.1, -0.05) is 0 Å². The number of hydrogen-bond donors (Lipinski definition) is 0. The molecule has 2 atom stereocenters. The van der Waals surface area contributed by atoms with Crippen molar-refractivity contribution in [2.24, 2.45) is 5.92 Å². The third kappa shape index (κ3) is 5.32. The Hall–Kier alpha value is -1.86. The van der Waals surface area contributed by atoms with Gasteiger partial charge in [-0.3, -0.25) is 0 Å². The van der Waals surface area contributed by atoms with Gasteiger partial charge >= 0.3 is 6.09 Å². The third-order valence-corrected chi connectivity index (χ3v) is 6.13. The average Bonchev–Trinajstić information content (AvgIpc) is 3.43. The number of amides is 1. The van der Waals surface area contributed by atoms with E-state index >= 15 is 0 Å². The van der Waals surface area contributed by atoms with Gasteiger partial charge in [0.2, 0.25) is 0 Å². The van der Waals surface area contributed by atoms with Crippen molar-refractivity contribution in [2.45, 2.75) is 84.8 Å². The first-order valence-electron chi connectivity index (χ1n) is 11.7. The monoisotopic (exact) mass is 431 g/mol. The number of aromatic nitrogens is 1. The summed E-state index contributed by atoms with van der Waals surface area (Å²) in [6.07, 6.45) is 3.22. The number of anilines is 1. The standard InChI is InChI=1S/C24H37N3O4/c1-6-29-14-19-9-18-10-20-12-26(23(28)31-24(3,4)5)11-16(2)27(20)22(18)25-21(19)15-30-13-17-7-8-17/h9,16-17,20H,6-8,10-15H2,1-5H3/t16-,20-/m1/s1. The van der Waals surface area contributed by atoms with E-state index < -0.39 is 5.60 Å². The van der Waals surface area contributed by atoms with Gasteiger partial charge in [0.15, 0.2) is 0 Å². The van der Waals surface area contributed by atoms with Crippen molar-refractivity contribution < 1.29 is 19.0 Å². The fourth-order valence-corrected chi connectivity index (χ4v) is 4.53. The SMILES string of the molecule is CCOCc1cc2c(nc1COCC1CC1)N1[C@H](C2)CN(C(=O)OC(C)(C)C)C[C@H]1C. The van der Waals surface area contributed by atoms with Gasteiger partial charge in [-0.05, 0) is 71.4 Å². The smallest absolute Gasteiger partial charge is 0.410 e. The van der Waals surface area contributed by atoms with Gasteiger partial charge in [0, 0.05) is 37.9 Å². The first-order chi connectivity index (χ1) is 14.7. The Kier molecular flexibility index (Phi) is 6.44. The molecule has 0 aromatic carbocycles. The minimum absolute atomic E-state index is 0.179. The van der Waals surface area contributed by atoms with Gasteiger partial charge in [0.05, 0.1) is 24.9 Å². The summed E-state index contributed by atoms with van der Waals surface area (Å²) in [4.78, 5) is 22.0. The number of carbonyl (C=O) groups is 1. The Morgan fingerprint density at radius 2 is 1.97 bits per heavy atom. The number of rotatable bonds is 7. The van der Waals surface area contributed by atoms with E-state index in [1.54, 1.807) is 0 Å². The quantitative estimate of drug-likeness (QED) is 0.652. The number of carbonyl (C=O) groups excluding carboxylic acids is 1. The van der Waals surface area contributed by atoms with E-state index in [9.17, 15) is 4.79 Å². The van der Waals surface area contributed by atoms with Gasteiger partial charge in [0.25, 0.3) is 0 Å². The lowest BCUT2D eigenvalue weighted by atomic mass is 10.1. The van der Waals surface area contributed by atoms with Crippen LogP contribution in [0, 0.1) is 5.92 Å². The summed E-state index contributed by atoms with van der Waals surface area (Å²) in [7, 11) is 0. The molecule has 1 saturated heterocycles. The topological polar surface area (TPSA) is 64.1 Å². The van der Waals surface area contributed by atoms with Crippen molar-refractivity contribution in [1.82, 2.24) is 9.88 Å². The van der Waals surface area contributed by atoms with Crippen LogP contribution in [0.25, 0.3) is 0 Å². The molecular formula is C24H37N3O4. The highest BCUT2D eigenvalue weighted by Crippen LogP contribution is 2.37. The Balaban J connectivity index is 1.51. The molecule has 0 spiro atoms. The minimum atomic E-state index is -0.485. The fourth-order valence-electron chi connectivity index (χ4n) is 4.53. The lowest BCUT2D eigenvalue weighted by molar-refractivity contribution is 0.0191. The summed E-state index contributed by atoms with van der Waals surface area (Å²) in [5.41, 5.74) is 2.85. The molecule has 1 aliphatic carbocycles. The van der Waals surface area contributed by atoms with Gasteiger partial charge in [-0.2, -0.15) is 0 Å². The molecule has 3 heterocycles. The van der Waals surface area contributed by atoms with Crippen molar-refractivity contribution in [2.75, 3.05) is 31.2 Å². The molecule has 2 aliphatic heterocycles. The number of nitrogens with zero attached hydrogens (tertiary/aromatic N) is 3. The largest absolute Gasteiger partial charge is 0.444 e. The molecule has 172 valence electrons. The molecule has 7 nitrogen and oxygen atoms in total. The van der Waals surface area contributed by atoms with E-state index in [0.29, 0.717) is 32.9 Å². The van der Waals surface area contributed by atoms with E-state index in [0.717, 1.165) is 36.0 Å². The predicted molar refractivity (Wildman–Crippen MR) is 119 cm³/mol. The molecule has 2 fully saturated rings. The molecule has 31 heavy (non-hydrogen) atoms. The third-order valence-electron chi connectivity index (χ3n) is 6.13. The number of piperazine rings is 1. The van der Waals surface area contributed by atoms with Crippen LogP contribution < -0.4 is 4.90 Å². The highest BCUT2D eigenvalue weighted by Gasteiger charge is 2.42. The van der Waals surface area contributed by atoms with E-state index in [1.165, 1.54) is 18.4 Å². The van der Waals surface area contributed by atoms with Gasteiger partial charge < -0.3 is 24.0 Å². The van der Waals surface area contributed by atoms with Crippen LogP contribution >= 0.6 is 0 Å². The van der Waals surface area contributed by atoms with E-state index in [2.05, 4.69) is 17.9 Å². The molecule has 0 bridgehead atoms. The lowest BCUT2D eigenvalue weighted by Gasteiger charge is -2.43. The fraction of sp³-hybridized carbons (Fsp3) is 0.750. The maximum atomic E-state index is 12.7. The van der Waals surface area contributed by atoms with Crippen LogP contribution in [-0.4, -0.2) is 60.0 Å². The van der Waals surface area contributed by atoms with Crippen molar-refractivity contribution in [1.29, 1.82) is 0 Å². The molecular weight excluding hydrogens is 394 g/mol. The maximum absolute atomic E-state index is 12.7. The second-order valence-electron chi connectivity index (χ2n) is 10.2. The highest BCUT2D eigenvalue weighted by atomic mass is 16.6. The number of pyridine rings is 1. The van der Waals surface area contributed by atoms with Crippen LogP contribution in [-0.2, 0) is 33.8 Å². The zero-order valence-corrected chi connectivity index (χ0v) is 19.6. The van der Waals surface area contributed by atoms with Crippen molar-refractivity contribution in [3.05, 3.63) is 22.9 Å². The normalized spacial score (nSPS) is 23.0. The molecule has 0 unspecified atom stereocenters. The van der Waals surface area contributed by atoms with E-state index in [-0.39, 0.29) is 18.2 Å². The predicted octanol–water partition coefficient (Wildman–Crippen LogP) is 3.92. The molecule has 4 rings (SSSR count). The summed E-state index contributed by atoms with van der Waals surface area (Å²) in [5, 5.41) is 0. The van der Waals surface area contributed by atoms with Crippen LogP contribution in [0.1, 0.15) is 64.3 Å². The number of ether oxygens (including phenoxy) is 3. The molecule has 0 radical (unpaired) electrons. The second kappa shape index (κ2) is 8.94. The Labute approximate surface area is 186 Å². The average molecular weight is 432 g/mol. The molecule has 3 aliphatic rings. The van der Waals surface area contributed by atoms with Gasteiger partial charge in [0.1, 0.15) is 11.4 Å². The summed E-state index contributed by atoms with van der Waals surface area (Å²) in [5.74, 6) is 1.78. The summed E-state index contributed by atoms with van der Waals surface area (Å²) in [6, 6.07) is 2.65. The highest BCUT2D eigenvalue weighted by molar-refractivity contribution is 5.69. The Morgan fingerprint density at radius 3 is 2.65 bits per heavy atom. The Morgan fingerprint density at radius 1 is 1.19 bits per heavy atom. The maximum Gasteiger partial charge on any atom is 0.410 e. The lowest BCUT2D eigenvalue weighted by Crippen LogP contribution is -2.58. The summed E-state index contributed by atoms with van der Waals surface area (Å²) < 4.78 is 17.3. The van der Waals surface area contributed by atoms with Gasteiger partial charge in [-0.25, -0.2) is 9.78 Å². The van der Waals surface area contributed by atoms with Crippen LogP contribution in [0.3, 0.4) is 0 Å². The van der Waals surface area contributed by atoms with Crippen molar-refractivity contribution in [3.63, 3.8) is 0 Å².